The molecule has 18 heavy (non-hydrogen) atoms. The monoisotopic (exact) mass is 252 g/mol. The van der Waals surface area contributed by atoms with Crippen molar-refractivity contribution in [2.24, 2.45) is 23.7 Å². The Kier molecular flexibility index (Phi) is 2.75. The van der Waals surface area contributed by atoms with Crippen molar-refractivity contribution in [3.8, 4) is 0 Å². The van der Waals surface area contributed by atoms with Crippen molar-refractivity contribution in [3.63, 3.8) is 0 Å². The molecule has 2 aliphatic carbocycles. The molecule has 1 heterocycles. The third-order valence-corrected chi connectivity index (χ3v) is 5.14. The van der Waals surface area contributed by atoms with Crippen LogP contribution in [0.3, 0.4) is 0 Å². The fourth-order valence-corrected chi connectivity index (χ4v) is 4.02. The van der Waals surface area contributed by atoms with Gasteiger partial charge in [-0.15, -0.1) is 0 Å². The molecule has 0 spiro atoms. The van der Waals surface area contributed by atoms with Crippen molar-refractivity contribution < 1.29 is 19.7 Å². The van der Waals surface area contributed by atoms with Gasteiger partial charge in [-0.3, -0.25) is 4.79 Å². The molecule has 7 atom stereocenters. The first-order valence-corrected chi connectivity index (χ1v) is 6.75. The van der Waals surface area contributed by atoms with Gasteiger partial charge in [0.1, 0.15) is 6.10 Å². The molecule has 0 radical (unpaired) electrons. The van der Waals surface area contributed by atoms with Gasteiger partial charge in [0.05, 0.1) is 18.1 Å². The Morgan fingerprint density at radius 1 is 1.39 bits per heavy atom. The summed E-state index contributed by atoms with van der Waals surface area (Å²) in [5.74, 6) is -0.197. The average molecular weight is 252 g/mol. The molecule has 100 valence electrons. The zero-order chi connectivity index (χ0) is 13.0. The van der Waals surface area contributed by atoms with Crippen LogP contribution < -0.4 is 0 Å². The van der Waals surface area contributed by atoms with Crippen LogP contribution >= 0.6 is 0 Å². The number of ether oxygens (including phenoxy) is 1. The molecule has 3 aliphatic rings. The van der Waals surface area contributed by atoms with Crippen LogP contribution in [0, 0.1) is 23.7 Å². The van der Waals surface area contributed by atoms with Crippen LogP contribution in [0.15, 0.2) is 12.2 Å². The van der Waals surface area contributed by atoms with Crippen LogP contribution in [0.2, 0.25) is 0 Å². The molecule has 3 rings (SSSR count). The van der Waals surface area contributed by atoms with Gasteiger partial charge in [0.25, 0.3) is 0 Å². The minimum atomic E-state index is -0.796. The number of esters is 1. The van der Waals surface area contributed by atoms with E-state index in [1.54, 1.807) is 0 Å². The molecule has 3 fully saturated rings. The Bertz CT molecular complexity index is 391. The maximum atomic E-state index is 11.7. The summed E-state index contributed by atoms with van der Waals surface area (Å²) in [6, 6.07) is 0. The highest BCUT2D eigenvalue weighted by Crippen LogP contribution is 2.50. The molecular formula is C14H20O4. The fourth-order valence-electron chi connectivity index (χ4n) is 4.02. The van der Waals surface area contributed by atoms with Crippen LogP contribution in [-0.4, -0.2) is 34.5 Å². The predicted octanol–water partition coefficient (Wildman–Crippen LogP) is 0.872. The van der Waals surface area contributed by atoms with E-state index in [0.29, 0.717) is 6.42 Å². The summed E-state index contributed by atoms with van der Waals surface area (Å²) in [4.78, 5) is 11.7. The first-order chi connectivity index (χ1) is 8.50. The van der Waals surface area contributed by atoms with Crippen molar-refractivity contribution in [2.45, 2.75) is 44.5 Å². The Balaban J connectivity index is 1.96. The molecule has 1 saturated heterocycles. The molecule has 0 amide bonds. The van der Waals surface area contributed by atoms with Gasteiger partial charge in [-0.05, 0) is 25.2 Å². The van der Waals surface area contributed by atoms with Crippen LogP contribution in [0.1, 0.15) is 26.2 Å². The van der Waals surface area contributed by atoms with E-state index >= 15 is 0 Å². The standard InChI is InChI=1S/C14H20O4/c1-6-3-4-8-7(2)14(17)18-13(8)11-9(6)5-10(15)12(11)16/h7-13,15-16H,1,3-5H2,2H3/t7-,8+,9+,10-,11-,12+,13+/m1/s1. The van der Waals surface area contributed by atoms with E-state index < -0.39 is 12.2 Å². The molecule has 0 aromatic rings. The molecule has 4 nitrogen and oxygen atoms in total. The maximum Gasteiger partial charge on any atom is 0.309 e. The summed E-state index contributed by atoms with van der Waals surface area (Å²) in [7, 11) is 0. The van der Waals surface area contributed by atoms with Crippen molar-refractivity contribution >= 4 is 5.97 Å². The van der Waals surface area contributed by atoms with Crippen molar-refractivity contribution in [1.29, 1.82) is 0 Å². The summed E-state index contributed by atoms with van der Waals surface area (Å²) in [5.41, 5.74) is 1.09. The minimum Gasteiger partial charge on any atom is -0.461 e. The smallest absolute Gasteiger partial charge is 0.309 e. The van der Waals surface area contributed by atoms with E-state index in [4.69, 9.17) is 4.74 Å². The van der Waals surface area contributed by atoms with E-state index in [-0.39, 0.29) is 35.7 Å². The summed E-state index contributed by atoms with van der Waals surface area (Å²) in [5, 5.41) is 20.0. The molecule has 4 heteroatoms. The summed E-state index contributed by atoms with van der Waals surface area (Å²) in [6.07, 6.45) is 0.541. The van der Waals surface area contributed by atoms with Gasteiger partial charge in [0.15, 0.2) is 0 Å². The Morgan fingerprint density at radius 3 is 2.83 bits per heavy atom. The van der Waals surface area contributed by atoms with Crippen molar-refractivity contribution in [3.05, 3.63) is 12.2 Å². The number of carbonyl (C=O) groups is 1. The normalized spacial score (nSPS) is 51.6. The van der Waals surface area contributed by atoms with Gasteiger partial charge in [-0.25, -0.2) is 0 Å². The molecule has 0 bridgehead atoms. The summed E-state index contributed by atoms with van der Waals surface area (Å²) >= 11 is 0. The number of rotatable bonds is 0. The number of allylic oxidation sites excluding steroid dienone is 1. The number of carbonyl (C=O) groups excluding carboxylic acids is 1. The highest BCUT2D eigenvalue weighted by Gasteiger charge is 2.56. The van der Waals surface area contributed by atoms with Crippen molar-refractivity contribution in [1.82, 2.24) is 0 Å². The fraction of sp³-hybridized carbons (Fsp3) is 0.786. The highest BCUT2D eigenvalue weighted by atomic mass is 16.6. The lowest BCUT2D eigenvalue weighted by atomic mass is 9.80. The Labute approximate surface area is 107 Å². The third-order valence-electron chi connectivity index (χ3n) is 5.14. The molecule has 0 aromatic carbocycles. The van der Waals surface area contributed by atoms with Gasteiger partial charge >= 0.3 is 5.97 Å². The largest absolute Gasteiger partial charge is 0.461 e. The van der Waals surface area contributed by atoms with Gasteiger partial charge in [-0.2, -0.15) is 0 Å². The maximum absolute atomic E-state index is 11.7. The zero-order valence-corrected chi connectivity index (χ0v) is 10.6. The topological polar surface area (TPSA) is 66.8 Å². The number of aliphatic hydroxyl groups is 2. The molecule has 2 saturated carbocycles. The number of hydrogen-bond acceptors (Lipinski definition) is 4. The van der Waals surface area contributed by atoms with Crippen LogP contribution in [-0.2, 0) is 9.53 Å². The number of aliphatic hydroxyl groups excluding tert-OH is 2. The second-order valence-corrected chi connectivity index (χ2v) is 6.03. The van der Waals surface area contributed by atoms with Gasteiger partial charge in [0, 0.05) is 11.8 Å². The summed E-state index contributed by atoms with van der Waals surface area (Å²) < 4.78 is 5.49. The van der Waals surface area contributed by atoms with Crippen LogP contribution in [0.5, 0.6) is 0 Å². The lowest BCUT2D eigenvalue weighted by molar-refractivity contribution is -0.147. The highest BCUT2D eigenvalue weighted by molar-refractivity contribution is 5.75. The van der Waals surface area contributed by atoms with E-state index in [1.807, 2.05) is 6.92 Å². The lowest BCUT2D eigenvalue weighted by Gasteiger charge is -2.28. The number of fused-ring (bicyclic) bond motifs is 3. The molecule has 0 aromatic heterocycles. The SMILES string of the molecule is C=C1CC[C@@H]2[C@H](OC(=O)[C@@H]2C)[C@H]2[C@@H](O)[C@H](O)C[C@@H]12. The minimum absolute atomic E-state index is 0.0862. The van der Waals surface area contributed by atoms with E-state index in [9.17, 15) is 15.0 Å². The first kappa shape index (κ1) is 12.2. The quantitative estimate of drug-likeness (QED) is 0.496. The summed E-state index contributed by atoms with van der Waals surface area (Å²) in [6.45, 7) is 5.99. The van der Waals surface area contributed by atoms with Gasteiger partial charge < -0.3 is 14.9 Å². The van der Waals surface area contributed by atoms with E-state index in [1.165, 1.54) is 0 Å². The molecule has 2 N–H and O–H groups in total. The predicted molar refractivity (Wildman–Crippen MR) is 64.5 cm³/mol. The first-order valence-electron chi connectivity index (χ1n) is 6.75. The second kappa shape index (κ2) is 4.07. The Morgan fingerprint density at radius 2 is 2.11 bits per heavy atom. The molecule has 1 aliphatic heterocycles. The lowest BCUT2D eigenvalue weighted by Crippen LogP contribution is -2.37. The molecule has 0 unspecified atom stereocenters. The van der Waals surface area contributed by atoms with Crippen molar-refractivity contribution in [2.75, 3.05) is 0 Å². The van der Waals surface area contributed by atoms with Crippen LogP contribution in [0.25, 0.3) is 0 Å². The van der Waals surface area contributed by atoms with E-state index in [2.05, 4.69) is 6.58 Å². The third kappa shape index (κ3) is 1.55. The Hall–Kier alpha value is -0.870. The zero-order valence-electron chi connectivity index (χ0n) is 10.6. The van der Waals surface area contributed by atoms with Crippen LogP contribution in [0.4, 0.5) is 0 Å². The van der Waals surface area contributed by atoms with E-state index in [0.717, 1.165) is 18.4 Å². The second-order valence-electron chi connectivity index (χ2n) is 6.03. The average Bonchev–Trinajstić information content (AvgIpc) is 2.72. The molecular weight excluding hydrogens is 232 g/mol. The van der Waals surface area contributed by atoms with Gasteiger partial charge in [-0.1, -0.05) is 19.1 Å². The number of hydrogen-bond donors (Lipinski definition) is 2. The van der Waals surface area contributed by atoms with Gasteiger partial charge in [0.2, 0.25) is 0 Å².